The molecule has 1 saturated carbocycles. The maximum atomic E-state index is 14.3. The first-order chi connectivity index (χ1) is 11.7. The van der Waals surface area contributed by atoms with Gasteiger partial charge in [-0.25, -0.2) is 13.6 Å². The lowest BCUT2D eigenvalue weighted by Gasteiger charge is -2.32. The van der Waals surface area contributed by atoms with Crippen molar-refractivity contribution in [1.29, 1.82) is 0 Å². The predicted octanol–water partition coefficient (Wildman–Crippen LogP) is 4.50. The van der Waals surface area contributed by atoms with Crippen LogP contribution < -0.4 is 5.32 Å². The second-order valence-corrected chi connectivity index (χ2v) is 7.42. The van der Waals surface area contributed by atoms with Gasteiger partial charge in [0.1, 0.15) is 17.9 Å². The van der Waals surface area contributed by atoms with E-state index >= 15 is 0 Å². The first-order valence-electron chi connectivity index (χ1n) is 8.69. The Balaban J connectivity index is 1.75. The summed E-state index contributed by atoms with van der Waals surface area (Å²) < 4.78 is 39.0. The monoisotopic (exact) mass is 355 g/mol. The van der Waals surface area contributed by atoms with Crippen molar-refractivity contribution < 1.29 is 23.0 Å². The fraction of sp³-hybridized carbons (Fsp3) is 0.632. The highest BCUT2D eigenvalue weighted by molar-refractivity contribution is 5.68. The zero-order valence-electron chi connectivity index (χ0n) is 15.0. The third kappa shape index (κ3) is 6.61. The lowest BCUT2D eigenvalue weighted by Crippen LogP contribution is -2.45. The van der Waals surface area contributed by atoms with Gasteiger partial charge in [0.25, 0.3) is 0 Å². The zero-order valence-corrected chi connectivity index (χ0v) is 15.0. The summed E-state index contributed by atoms with van der Waals surface area (Å²) in [5.41, 5.74) is -0.0641. The van der Waals surface area contributed by atoms with Crippen molar-refractivity contribution in [2.45, 2.75) is 70.1 Å². The van der Waals surface area contributed by atoms with Crippen LogP contribution in [0.5, 0.6) is 0 Å². The third-order valence-corrected chi connectivity index (χ3v) is 4.05. The van der Waals surface area contributed by atoms with Gasteiger partial charge in [-0.3, -0.25) is 0 Å². The number of halogens is 2. The van der Waals surface area contributed by atoms with E-state index in [0.29, 0.717) is 18.4 Å². The standard InChI is InChI=1S/C19H27F2NO3/c1-19(2,3)25-18(23)22-14-9-10-17(15(20)11-14)24-12-16(21)13-7-5-4-6-8-13/h4-8,14-17H,9-12H2,1-3H3,(H,22,23)/t14-,15-,16-,17-/m0/s1. The lowest BCUT2D eigenvalue weighted by molar-refractivity contribution is -0.0494. The normalized spacial score (nSPS) is 25.2. The number of amides is 1. The van der Waals surface area contributed by atoms with Crippen molar-refractivity contribution in [3.8, 4) is 0 Å². The van der Waals surface area contributed by atoms with Crippen LogP contribution >= 0.6 is 0 Å². The van der Waals surface area contributed by atoms with Crippen molar-refractivity contribution in [2.75, 3.05) is 6.61 Å². The SMILES string of the molecule is CC(C)(C)OC(=O)N[C@H]1CC[C@H](OC[C@H](F)c2ccccc2)[C@@H](F)C1. The molecule has 0 unspecified atom stereocenters. The number of alkyl halides is 2. The maximum Gasteiger partial charge on any atom is 0.407 e. The molecule has 0 heterocycles. The molecule has 0 aromatic heterocycles. The summed E-state index contributed by atoms with van der Waals surface area (Å²) >= 11 is 0. The number of hydrogen-bond donors (Lipinski definition) is 1. The minimum atomic E-state index is -1.27. The first kappa shape index (κ1) is 19.6. The van der Waals surface area contributed by atoms with Gasteiger partial charge in [-0.05, 0) is 39.2 Å². The van der Waals surface area contributed by atoms with E-state index in [4.69, 9.17) is 9.47 Å². The molecule has 4 nitrogen and oxygen atoms in total. The van der Waals surface area contributed by atoms with Crippen LogP contribution in [0.15, 0.2) is 30.3 Å². The molecule has 0 spiro atoms. The second-order valence-electron chi connectivity index (χ2n) is 7.42. The molecule has 25 heavy (non-hydrogen) atoms. The van der Waals surface area contributed by atoms with Crippen LogP contribution in [0.4, 0.5) is 13.6 Å². The van der Waals surface area contributed by atoms with Gasteiger partial charge in [-0.1, -0.05) is 30.3 Å². The Bertz CT molecular complexity index is 547. The number of nitrogens with one attached hydrogen (secondary N) is 1. The Morgan fingerprint density at radius 2 is 1.96 bits per heavy atom. The molecule has 0 bridgehead atoms. The van der Waals surface area contributed by atoms with E-state index in [-0.39, 0.29) is 19.1 Å². The van der Waals surface area contributed by atoms with Crippen LogP contribution in [0.3, 0.4) is 0 Å². The molecule has 1 aromatic carbocycles. The van der Waals surface area contributed by atoms with E-state index in [2.05, 4.69) is 5.32 Å². The summed E-state index contributed by atoms with van der Waals surface area (Å²) in [6.45, 7) is 5.15. The average molecular weight is 355 g/mol. The van der Waals surface area contributed by atoms with Crippen LogP contribution in [0.2, 0.25) is 0 Å². The molecule has 1 aliphatic rings. The van der Waals surface area contributed by atoms with Crippen LogP contribution in [0.1, 0.15) is 51.8 Å². The highest BCUT2D eigenvalue weighted by atomic mass is 19.1. The van der Waals surface area contributed by atoms with E-state index in [9.17, 15) is 13.6 Å². The summed E-state index contributed by atoms with van der Waals surface area (Å²) in [7, 11) is 0. The Kier molecular flexibility index (Phi) is 6.76. The van der Waals surface area contributed by atoms with Crippen LogP contribution in [0, 0.1) is 0 Å². The van der Waals surface area contributed by atoms with Crippen LogP contribution in [0.25, 0.3) is 0 Å². The molecule has 4 atom stereocenters. The molecule has 140 valence electrons. The largest absolute Gasteiger partial charge is 0.444 e. The van der Waals surface area contributed by atoms with E-state index < -0.39 is 30.1 Å². The molecular weight excluding hydrogens is 328 g/mol. The Hall–Kier alpha value is -1.69. The zero-order chi connectivity index (χ0) is 18.4. The number of benzene rings is 1. The number of rotatable bonds is 5. The highest BCUT2D eigenvalue weighted by Crippen LogP contribution is 2.27. The summed E-state index contributed by atoms with van der Waals surface area (Å²) in [5.74, 6) is 0. The third-order valence-electron chi connectivity index (χ3n) is 4.05. The van der Waals surface area contributed by atoms with Gasteiger partial charge in [-0.2, -0.15) is 0 Å². The van der Waals surface area contributed by atoms with E-state index in [1.807, 2.05) is 6.07 Å². The molecule has 1 N–H and O–H groups in total. The molecule has 0 aliphatic heterocycles. The highest BCUT2D eigenvalue weighted by Gasteiger charge is 2.33. The fourth-order valence-corrected chi connectivity index (χ4v) is 2.85. The maximum absolute atomic E-state index is 14.3. The summed E-state index contributed by atoms with van der Waals surface area (Å²) in [4.78, 5) is 11.8. The van der Waals surface area contributed by atoms with Crippen molar-refractivity contribution in [2.24, 2.45) is 0 Å². The number of hydrogen-bond acceptors (Lipinski definition) is 3. The van der Waals surface area contributed by atoms with Gasteiger partial charge in [0.2, 0.25) is 0 Å². The molecule has 0 saturated heterocycles. The molecule has 6 heteroatoms. The number of ether oxygens (including phenoxy) is 2. The summed E-state index contributed by atoms with van der Waals surface area (Å²) in [6.07, 6.45) is -2.54. The van der Waals surface area contributed by atoms with Gasteiger partial charge < -0.3 is 14.8 Å². The van der Waals surface area contributed by atoms with Crippen molar-refractivity contribution >= 4 is 6.09 Å². The van der Waals surface area contributed by atoms with Gasteiger partial charge in [-0.15, -0.1) is 0 Å². The van der Waals surface area contributed by atoms with Gasteiger partial charge in [0.15, 0.2) is 0 Å². The average Bonchev–Trinajstić information content (AvgIpc) is 2.52. The molecule has 2 rings (SSSR count). The topological polar surface area (TPSA) is 47.6 Å². The van der Waals surface area contributed by atoms with Crippen molar-refractivity contribution in [3.05, 3.63) is 35.9 Å². The van der Waals surface area contributed by atoms with Gasteiger partial charge >= 0.3 is 6.09 Å². The van der Waals surface area contributed by atoms with E-state index in [0.717, 1.165) is 0 Å². The van der Waals surface area contributed by atoms with Crippen LogP contribution in [-0.4, -0.2) is 36.6 Å². The Morgan fingerprint density at radius 1 is 1.28 bits per heavy atom. The predicted molar refractivity (Wildman–Crippen MR) is 91.9 cm³/mol. The minimum absolute atomic E-state index is 0.145. The van der Waals surface area contributed by atoms with Gasteiger partial charge in [0, 0.05) is 12.5 Å². The smallest absolute Gasteiger partial charge is 0.407 e. The Morgan fingerprint density at radius 3 is 2.56 bits per heavy atom. The number of carbonyl (C=O) groups is 1. The molecule has 1 aromatic rings. The molecular formula is C19H27F2NO3. The van der Waals surface area contributed by atoms with E-state index in [1.165, 1.54) is 0 Å². The number of alkyl carbamates (subject to hydrolysis) is 1. The van der Waals surface area contributed by atoms with Gasteiger partial charge in [0.05, 0.1) is 12.7 Å². The second kappa shape index (κ2) is 8.61. The summed E-state index contributed by atoms with van der Waals surface area (Å²) in [6, 6.07) is 8.40. The van der Waals surface area contributed by atoms with E-state index in [1.54, 1.807) is 45.0 Å². The molecule has 0 radical (unpaired) electrons. The summed E-state index contributed by atoms with van der Waals surface area (Å²) in [5, 5.41) is 2.69. The number of carbonyl (C=O) groups excluding carboxylic acids is 1. The molecule has 1 aliphatic carbocycles. The molecule has 1 fully saturated rings. The lowest BCUT2D eigenvalue weighted by atomic mass is 9.91. The van der Waals surface area contributed by atoms with Crippen LogP contribution in [-0.2, 0) is 9.47 Å². The first-order valence-corrected chi connectivity index (χ1v) is 8.69. The van der Waals surface area contributed by atoms with Crippen molar-refractivity contribution in [1.82, 2.24) is 5.32 Å². The minimum Gasteiger partial charge on any atom is -0.444 e. The fourth-order valence-electron chi connectivity index (χ4n) is 2.85. The van der Waals surface area contributed by atoms with Crippen molar-refractivity contribution in [3.63, 3.8) is 0 Å². The quantitative estimate of drug-likeness (QED) is 0.846. The Labute approximate surface area is 147 Å². The molecule has 1 amide bonds.